The van der Waals surface area contributed by atoms with Crippen LogP contribution in [0.25, 0.3) is 0 Å². The number of hydrogen-bond donors (Lipinski definition) is 2. The van der Waals surface area contributed by atoms with Crippen LogP contribution in [0.1, 0.15) is 35.7 Å². The van der Waals surface area contributed by atoms with E-state index < -0.39 is 11.7 Å². The fraction of sp³-hybridized carbons (Fsp3) is 0.188. The van der Waals surface area contributed by atoms with Crippen LogP contribution in [0.5, 0.6) is 5.75 Å². The molecule has 0 aromatic heterocycles. The topological polar surface area (TPSA) is 49.3 Å². The molecule has 0 radical (unpaired) electrons. The van der Waals surface area contributed by atoms with E-state index in [2.05, 4.69) is 19.2 Å². The van der Waals surface area contributed by atoms with E-state index in [-0.39, 0.29) is 11.3 Å². The molecule has 0 atom stereocenters. The summed E-state index contributed by atoms with van der Waals surface area (Å²) in [5, 5.41) is 11.7. The van der Waals surface area contributed by atoms with Gasteiger partial charge in [-0.05, 0) is 35.7 Å². The first-order valence-corrected chi connectivity index (χ1v) is 6.37. The molecule has 3 nitrogen and oxygen atoms in total. The second-order valence-electron chi connectivity index (χ2n) is 4.89. The lowest BCUT2D eigenvalue weighted by Gasteiger charge is -2.09. The van der Waals surface area contributed by atoms with E-state index in [1.54, 1.807) is 12.1 Å². The smallest absolute Gasteiger partial charge is 0.258 e. The van der Waals surface area contributed by atoms with Gasteiger partial charge in [-0.15, -0.1) is 0 Å². The maximum absolute atomic E-state index is 13.6. The van der Waals surface area contributed by atoms with Crippen molar-refractivity contribution in [3.63, 3.8) is 0 Å². The highest BCUT2D eigenvalue weighted by atomic mass is 19.1. The SMILES string of the molecule is CC(C)c1ccc(NC(=O)c2ccc(O)cc2F)cc1. The Morgan fingerprint density at radius 1 is 1.15 bits per heavy atom. The third-order valence-electron chi connectivity index (χ3n) is 3.03. The summed E-state index contributed by atoms with van der Waals surface area (Å²) in [6, 6.07) is 10.9. The normalized spacial score (nSPS) is 10.6. The molecule has 0 spiro atoms. The van der Waals surface area contributed by atoms with E-state index in [4.69, 9.17) is 5.11 Å². The number of aromatic hydroxyl groups is 1. The Bertz CT molecular complexity index is 621. The van der Waals surface area contributed by atoms with Crippen molar-refractivity contribution in [3.8, 4) is 5.75 Å². The number of halogens is 1. The number of phenols is 1. The Hall–Kier alpha value is -2.36. The van der Waals surface area contributed by atoms with Crippen molar-refractivity contribution >= 4 is 11.6 Å². The van der Waals surface area contributed by atoms with Gasteiger partial charge in [-0.3, -0.25) is 4.79 Å². The molecule has 1 amide bonds. The molecule has 0 unspecified atom stereocenters. The van der Waals surface area contributed by atoms with E-state index in [1.807, 2.05) is 12.1 Å². The van der Waals surface area contributed by atoms with Gasteiger partial charge in [0.1, 0.15) is 11.6 Å². The van der Waals surface area contributed by atoms with Crippen LogP contribution in [0, 0.1) is 5.82 Å². The van der Waals surface area contributed by atoms with Crippen LogP contribution < -0.4 is 5.32 Å². The van der Waals surface area contributed by atoms with Gasteiger partial charge in [0.05, 0.1) is 5.56 Å². The van der Waals surface area contributed by atoms with Gasteiger partial charge in [0.15, 0.2) is 0 Å². The van der Waals surface area contributed by atoms with Crippen molar-refractivity contribution in [3.05, 3.63) is 59.4 Å². The van der Waals surface area contributed by atoms with Crippen molar-refractivity contribution in [1.29, 1.82) is 0 Å². The van der Waals surface area contributed by atoms with Gasteiger partial charge >= 0.3 is 0 Å². The van der Waals surface area contributed by atoms with E-state index in [1.165, 1.54) is 17.7 Å². The maximum Gasteiger partial charge on any atom is 0.258 e. The van der Waals surface area contributed by atoms with Crippen LogP contribution in [0.3, 0.4) is 0 Å². The van der Waals surface area contributed by atoms with Gasteiger partial charge < -0.3 is 10.4 Å². The summed E-state index contributed by atoms with van der Waals surface area (Å²) in [6.07, 6.45) is 0. The minimum absolute atomic E-state index is 0.101. The summed E-state index contributed by atoms with van der Waals surface area (Å²) in [7, 11) is 0. The van der Waals surface area contributed by atoms with Gasteiger partial charge in [0, 0.05) is 11.8 Å². The highest BCUT2D eigenvalue weighted by Gasteiger charge is 2.12. The maximum atomic E-state index is 13.6. The highest BCUT2D eigenvalue weighted by molar-refractivity contribution is 6.04. The summed E-state index contributed by atoms with van der Waals surface area (Å²) >= 11 is 0. The van der Waals surface area contributed by atoms with Crippen LogP contribution in [-0.4, -0.2) is 11.0 Å². The highest BCUT2D eigenvalue weighted by Crippen LogP contribution is 2.19. The molecule has 2 aromatic rings. The Morgan fingerprint density at radius 3 is 2.35 bits per heavy atom. The van der Waals surface area contributed by atoms with Crippen molar-refractivity contribution in [2.24, 2.45) is 0 Å². The molecule has 2 aromatic carbocycles. The van der Waals surface area contributed by atoms with Crippen LogP contribution in [0.15, 0.2) is 42.5 Å². The van der Waals surface area contributed by atoms with E-state index in [0.717, 1.165) is 6.07 Å². The van der Waals surface area contributed by atoms with Gasteiger partial charge in [0.2, 0.25) is 0 Å². The van der Waals surface area contributed by atoms with E-state index >= 15 is 0 Å². The minimum Gasteiger partial charge on any atom is -0.508 e. The van der Waals surface area contributed by atoms with Gasteiger partial charge in [-0.1, -0.05) is 26.0 Å². The van der Waals surface area contributed by atoms with Crippen molar-refractivity contribution in [2.75, 3.05) is 5.32 Å². The standard InChI is InChI=1S/C16H16FNO2/c1-10(2)11-3-5-12(6-4-11)18-16(20)14-8-7-13(19)9-15(14)17/h3-10,19H,1-2H3,(H,18,20). The zero-order valence-electron chi connectivity index (χ0n) is 11.4. The second kappa shape index (κ2) is 5.74. The quantitative estimate of drug-likeness (QED) is 0.890. The van der Waals surface area contributed by atoms with Crippen LogP contribution in [0.2, 0.25) is 0 Å². The van der Waals surface area contributed by atoms with Crippen molar-refractivity contribution < 1.29 is 14.3 Å². The fourth-order valence-electron chi connectivity index (χ4n) is 1.84. The number of carbonyl (C=O) groups excluding carboxylic acids is 1. The number of anilines is 1. The number of nitrogens with one attached hydrogen (secondary N) is 1. The second-order valence-corrected chi connectivity index (χ2v) is 4.89. The van der Waals surface area contributed by atoms with Gasteiger partial charge in [0.25, 0.3) is 5.91 Å². The zero-order valence-corrected chi connectivity index (χ0v) is 11.4. The third-order valence-corrected chi connectivity index (χ3v) is 3.03. The Morgan fingerprint density at radius 2 is 1.80 bits per heavy atom. The summed E-state index contributed by atoms with van der Waals surface area (Å²) in [6.45, 7) is 4.17. The Kier molecular flexibility index (Phi) is 4.03. The summed E-state index contributed by atoms with van der Waals surface area (Å²) in [4.78, 5) is 11.9. The number of hydrogen-bond acceptors (Lipinski definition) is 2. The van der Waals surface area contributed by atoms with E-state index in [9.17, 15) is 9.18 Å². The summed E-state index contributed by atoms with van der Waals surface area (Å²) in [5.74, 6) is -1.09. The molecular weight excluding hydrogens is 257 g/mol. The molecule has 0 saturated heterocycles. The van der Waals surface area contributed by atoms with E-state index in [0.29, 0.717) is 11.6 Å². The zero-order chi connectivity index (χ0) is 14.7. The van der Waals surface area contributed by atoms with Crippen molar-refractivity contribution in [2.45, 2.75) is 19.8 Å². The van der Waals surface area contributed by atoms with Gasteiger partial charge in [-0.2, -0.15) is 0 Å². The van der Waals surface area contributed by atoms with Crippen LogP contribution >= 0.6 is 0 Å². The molecule has 4 heteroatoms. The van der Waals surface area contributed by atoms with Crippen LogP contribution in [0.4, 0.5) is 10.1 Å². The Balaban J connectivity index is 2.15. The number of rotatable bonds is 3. The first kappa shape index (κ1) is 14.1. The van der Waals surface area contributed by atoms with Crippen LogP contribution in [-0.2, 0) is 0 Å². The average Bonchev–Trinajstić information content (AvgIpc) is 2.39. The molecule has 0 bridgehead atoms. The predicted molar refractivity (Wildman–Crippen MR) is 76.5 cm³/mol. The largest absolute Gasteiger partial charge is 0.508 e. The molecule has 104 valence electrons. The molecule has 0 heterocycles. The summed E-state index contributed by atoms with van der Waals surface area (Å²) in [5.41, 5.74) is 1.67. The molecule has 2 rings (SSSR count). The minimum atomic E-state index is -0.749. The number of phenolic OH excluding ortho intramolecular Hbond substituents is 1. The average molecular weight is 273 g/mol. The lowest BCUT2D eigenvalue weighted by molar-refractivity contribution is 0.102. The molecule has 0 saturated carbocycles. The lowest BCUT2D eigenvalue weighted by atomic mass is 10.0. The lowest BCUT2D eigenvalue weighted by Crippen LogP contribution is -2.13. The molecule has 0 aliphatic heterocycles. The molecule has 0 aliphatic carbocycles. The first-order chi connectivity index (χ1) is 9.47. The predicted octanol–water partition coefficient (Wildman–Crippen LogP) is 3.91. The van der Waals surface area contributed by atoms with Gasteiger partial charge in [-0.25, -0.2) is 4.39 Å². The third kappa shape index (κ3) is 3.15. The fourth-order valence-corrected chi connectivity index (χ4v) is 1.84. The number of benzene rings is 2. The monoisotopic (exact) mass is 273 g/mol. The molecule has 0 fully saturated rings. The number of amides is 1. The Labute approximate surface area is 117 Å². The molecular formula is C16H16FNO2. The molecule has 0 aliphatic rings. The van der Waals surface area contributed by atoms with Crippen molar-refractivity contribution in [1.82, 2.24) is 0 Å². The first-order valence-electron chi connectivity index (χ1n) is 6.37. The molecule has 20 heavy (non-hydrogen) atoms. The summed E-state index contributed by atoms with van der Waals surface area (Å²) < 4.78 is 13.6. The molecule has 2 N–H and O–H groups in total. The number of carbonyl (C=O) groups is 1.